The third kappa shape index (κ3) is 4.25. The second-order valence-electron chi connectivity index (χ2n) is 5.15. The van der Waals surface area contributed by atoms with Crippen molar-refractivity contribution in [1.29, 1.82) is 0 Å². The molecule has 0 atom stereocenters. The monoisotopic (exact) mass is 346 g/mol. The van der Waals surface area contributed by atoms with Crippen molar-refractivity contribution >= 4 is 33.3 Å². The molecule has 0 aliphatic carbocycles. The van der Waals surface area contributed by atoms with Crippen LogP contribution in [0.4, 0.5) is 5.69 Å². The number of aliphatic imine (C=N–C) groups is 1. The molecular weight excluding hydrogens is 328 g/mol. The Morgan fingerprint density at radius 3 is 2.77 bits per heavy atom. The van der Waals surface area contributed by atoms with Gasteiger partial charge in [-0.1, -0.05) is 11.6 Å². The molecule has 0 radical (unpaired) electrons. The summed E-state index contributed by atoms with van der Waals surface area (Å²) in [5, 5.41) is 3.41. The topological polar surface area (TPSA) is 97.0 Å². The lowest BCUT2D eigenvalue weighted by Crippen LogP contribution is -2.50. The number of hydrogen-bond donors (Lipinski definition) is 2. The average molecular weight is 347 g/mol. The number of halogens is 1. The quantitative estimate of drug-likeness (QED) is 0.611. The lowest BCUT2D eigenvalue weighted by molar-refractivity contribution is 0.209. The number of nitrogens with one attached hydrogen (secondary N) is 1. The molecule has 22 heavy (non-hydrogen) atoms. The Balaban J connectivity index is 1.85. The van der Waals surface area contributed by atoms with E-state index in [2.05, 4.69) is 10.3 Å². The van der Waals surface area contributed by atoms with Gasteiger partial charge in [-0.05, 0) is 18.2 Å². The molecule has 1 saturated heterocycles. The predicted molar refractivity (Wildman–Crippen MR) is 88.0 cm³/mol. The molecule has 1 aromatic rings. The number of anilines is 1. The number of rotatable bonds is 5. The second-order valence-corrected chi connectivity index (χ2v) is 7.54. The molecule has 0 bridgehead atoms. The highest BCUT2D eigenvalue weighted by Crippen LogP contribution is 2.27. The molecule has 0 amide bonds. The number of nitrogens with zero attached hydrogens (tertiary/aromatic N) is 2. The minimum atomic E-state index is -3.09. The van der Waals surface area contributed by atoms with Gasteiger partial charge in [-0.2, -0.15) is 0 Å². The molecule has 1 aliphatic heterocycles. The van der Waals surface area contributed by atoms with Crippen molar-refractivity contribution in [3.63, 3.8) is 0 Å². The third-order valence-electron chi connectivity index (χ3n) is 3.34. The number of benzene rings is 1. The van der Waals surface area contributed by atoms with E-state index in [4.69, 9.17) is 22.1 Å². The average Bonchev–Trinajstić information content (AvgIpc) is 2.35. The maximum absolute atomic E-state index is 11.3. The smallest absolute Gasteiger partial charge is 0.211 e. The predicted octanol–water partition coefficient (Wildman–Crippen LogP) is 0.967. The highest BCUT2D eigenvalue weighted by atomic mass is 35.5. The zero-order chi connectivity index (χ0) is 16.3. The number of guanidine groups is 1. The molecule has 1 fully saturated rings. The van der Waals surface area contributed by atoms with Crippen molar-refractivity contribution in [1.82, 2.24) is 4.31 Å². The van der Waals surface area contributed by atoms with Crippen molar-refractivity contribution < 1.29 is 13.2 Å². The van der Waals surface area contributed by atoms with E-state index in [0.717, 1.165) is 0 Å². The summed E-state index contributed by atoms with van der Waals surface area (Å²) in [6, 6.07) is 5.20. The van der Waals surface area contributed by atoms with Crippen LogP contribution < -0.4 is 15.8 Å². The zero-order valence-corrected chi connectivity index (χ0v) is 14.0. The van der Waals surface area contributed by atoms with Crippen molar-refractivity contribution in [2.24, 2.45) is 16.6 Å². The third-order valence-corrected chi connectivity index (χ3v) is 4.87. The molecule has 1 heterocycles. The van der Waals surface area contributed by atoms with Crippen LogP contribution in [0.2, 0.25) is 5.02 Å². The van der Waals surface area contributed by atoms with E-state index >= 15 is 0 Å². The van der Waals surface area contributed by atoms with Gasteiger partial charge in [0.1, 0.15) is 5.75 Å². The molecule has 1 aliphatic rings. The summed E-state index contributed by atoms with van der Waals surface area (Å²) in [5.41, 5.74) is 6.51. The first-order chi connectivity index (χ1) is 10.3. The first kappa shape index (κ1) is 16.9. The molecular formula is C13H19ClN4O3S. The molecule has 0 saturated carbocycles. The van der Waals surface area contributed by atoms with E-state index in [-0.39, 0.29) is 11.9 Å². The van der Waals surface area contributed by atoms with Gasteiger partial charge in [0.15, 0.2) is 5.96 Å². The zero-order valence-electron chi connectivity index (χ0n) is 12.4. The van der Waals surface area contributed by atoms with E-state index in [9.17, 15) is 8.42 Å². The Morgan fingerprint density at radius 2 is 2.23 bits per heavy atom. The summed E-state index contributed by atoms with van der Waals surface area (Å²) in [6.07, 6.45) is 1.20. The highest BCUT2D eigenvalue weighted by Gasteiger charge is 2.32. The number of nitrogens with two attached hydrogens (primary N) is 1. The van der Waals surface area contributed by atoms with Gasteiger partial charge in [-0.15, -0.1) is 0 Å². The van der Waals surface area contributed by atoms with E-state index in [1.165, 1.54) is 10.6 Å². The molecule has 0 aromatic heterocycles. The largest absolute Gasteiger partial charge is 0.495 e. The standard InChI is InChI=1S/C13H19ClN4O3S/c1-21-12-4-3-10(5-11(12)14)17-13(15)16-6-9-7-18(8-9)22(2,19)20/h3-5,9H,6-8H2,1-2H3,(H3,15,16,17). The van der Waals surface area contributed by atoms with Crippen LogP contribution in [0.25, 0.3) is 0 Å². The van der Waals surface area contributed by atoms with E-state index in [1.807, 2.05) is 0 Å². The normalized spacial score (nSPS) is 17.1. The number of sulfonamides is 1. The Bertz CT molecular complexity index is 672. The fraction of sp³-hybridized carbons (Fsp3) is 0.462. The number of methoxy groups -OCH3 is 1. The summed E-state index contributed by atoms with van der Waals surface area (Å²) in [7, 11) is -1.54. The first-order valence-electron chi connectivity index (χ1n) is 6.65. The van der Waals surface area contributed by atoms with Crippen molar-refractivity contribution in [2.75, 3.05) is 38.3 Å². The number of ether oxygens (including phenoxy) is 1. The van der Waals surface area contributed by atoms with Crippen LogP contribution in [0.3, 0.4) is 0 Å². The van der Waals surface area contributed by atoms with Crippen molar-refractivity contribution in [3.05, 3.63) is 23.2 Å². The van der Waals surface area contributed by atoms with Gasteiger partial charge in [0.25, 0.3) is 0 Å². The maximum atomic E-state index is 11.3. The van der Waals surface area contributed by atoms with Gasteiger partial charge < -0.3 is 15.8 Å². The molecule has 9 heteroatoms. The molecule has 0 unspecified atom stereocenters. The van der Waals surface area contributed by atoms with Crippen LogP contribution in [0.1, 0.15) is 0 Å². The van der Waals surface area contributed by atoms with Crippen LogP contribution in [-0.4, -0.2) is 51.7 Å². The SMILES string of the molecule is COc1ccc(NC(N)=NCC2CN(S(C)(=O)=O)C2)cc1Cl. The summed E-state index contributed by atoms with van der Waals surface area (Å²) in [4.78, 5) is 4.22. The fourth-order valence-electron chi connectivity index (χ4n) is 2.07. The summed E-state index contributed by atoms with van der Waals surface area (Å²) in [6.45, 7) is 1.46. The lowest BCUT2D eigenvalue weighted by atomic mass is 10.0. The van der Waals surface area contributed by atoms with Crippen LogP contribution in [0.15, 0.2) is 23.2 Å². The molecule has 122 valence electrons. The molecule has 0 spiro atoms. The van der Waals surface area contributed by atoms with Gasteiger partial charge in [0.2, 0.25) is 10.0 Å². The lowest BCUT2D eigenvalue weighted by Gasteiger charge is -2.36. The number of hydrogen-bond acceptors (Lipinski definition) is 4. The van der Waals surface area contributed by atoms with Crippen LogP contribution in [-0.2, 0) is 10.0 Å². The van der Waals surface area contributed by atoms with Crippen LogP contribution in [0.5, 0.6) is 5.75 Å². The van der Waals surface area contributed by atoms with E-state index in [0.29, 0.717) is 36.1 Å². The van der Waals surface area contributed by atoms with E-state index in [1.54, 1.807) is 25.3 Å². The van der Waals surface area contributed by atoms with Crippen molar-refractivity contribution in [3.8, 4) is 5.75 Å². The summed E-state index contributed by atoms with van der Waals surface area (Å²) >= 11 is 6.02. The Hall–Kier alpha value is -1.51. The summed E-state index contributed by atoms with van der Waals surface area (Å²) < 4.78 is 29.0. The van der Waals surface area contributed by atoms with Crippen LogP contribution >= 0.6 is 11.6 Å². The Morgan fingerprint density at radius 1 is 1.55 bits per heavy atom. The highest BCUT2D eigenvalue weighted by molar-refractivity contribution is 7.88. The van der Waals surface area contributed by atoms with Gasteiger partial charge >= 0.3 is 0 Å². The van der Waals surface area contributed by atoms with E-state index < -0.39 is 10.0 Å². The van der Waals surface area contributed by atoms with Gasteiger partial charge in [-0.25, -0.2) is 12.7 Å². The van der Waals surface area contributed by atoms with Gasteiger partial charge in [0, 0.05) is 31.2 Å². The van der Waals surface area contributed by atoms with Gasteiger partial charge in [0.05, 0.1) is 18.4 Å². The second kappa shape index (κ2) is 6.72. The Kier molecular flexibility index (Phi) is 5.15. The maximum Gasteiger partial charge on any atom is 0.211 e. The molecule has 3 N–H and O–H groups in total. The summed E-state index contributed by atoms with van der Waals surface area (Å²) in [5.74, 6) is 1.05. The molecule has 7 nitrogen and oxygen atoms in total. The molecule has 1 aromatic carbocycles. The van der Waals surface area contributed by atoms with Gasteiger partial charge in [-0.3, -0.25) is 4.99 Å². The Labute approximate surface area is 135 Å². The minimum Gasteiger partial charge on any atom is -0.495 e. The fourth-order valence-corrected chi connectivity index (χ4v) is 3.29. The van der Waals surface area contributed by atoms with Crippen LogP contribution in [0, 0.1) is 5.92 Å². The molecule has 2 rings (SSSR count). The van der Waals surface area contributed by atoms with Crippen molar-refractivity contribution in [2.45, 2.75) is 0 Å². The first-order valence-corrected chi connectivity index (χ1v) is 8.88. The minimum absolute atomic E-state index is 0.203.